The van der Waals surface area contributed by atoms with Crippen molar-refractivity contribution in [3.05, 3.63) is 29.8 Å². The molecule has 1 unspecified atom stereocenters. The first-order valence-electron chi connectivity index (χ1n) is 7.80. The van der Waals surface area contributed by atoms with Gasteiger partial charge in [-0.1, -0.05) is 0 Å². The van der Waals surface area contributed by atoms with Crippen molar-refractivity contribution in [1.29, 1.82) is 0 Å². The molecule has 2 fully saturated rings. The van der Waals surface area contributed by atoms with Gasteiger partial charge < -0.3 is 10.2 Å². The Hall–Kier alpha value is -2.41. The largest absolute Gasteiger partial charge is 0.336 e. The molecule has 0 bridgehead atoms. The fraction of sp³-hybridized carbons (Fsp3) is 0.438. The molecule has 7 nitrogen and oxygen atoms in total. The number of nitrogens with one attached hydrogen (secondary N) is 2. The van der Waals surface area contributed by atoms with Crippen LogP contribution in [0.4, 0.5) is 5.69 Å². The van der Waals surface area contributed by atoms with Gasteiger partial charge in [0.15, 0.2) is 0 Å². The van der Waals surface area contributed by atoms with Crippen LogP contribution in [0.3, 0.4) is 0 Å². The highest BCUT2D eigenvalue weighted by molar-refractivity contribution is 6.01. The molecule has 0 aliphatic carbocycles. The Morgan fingerprint density at radius 1 is 1.17 bits per heavy atom. The topological polar surface area (TPSA) is 81.8 Å². The van der Waals surface area contributed by atoms with Crippen molar-refractivity contribution in [2.45, 2.75) is 25.8 Å². The Morgan fingerprint density at radius 3 is 2.61 bits per heavy atom. The molecule has 0 spiro atoms. The number of hydrazine groups is 1. The zero-order chi connectivity index (χ0) is 16.4. The first kappa shape index (κ1) is 15.5. The van der Waals surface area contributed by atoms with E-state index in [2.05, 4.69) is 10.7 Å². The zero-order valence-corrected chi connectivity index (χ0v) is 13.0. The van der Waals surface area contributed by atoms with E-state index in [-0.39, 0.29) is 36.6 Å². The van der Waals surface area contributed by atoms with Crippen molar-refractivity contribution in [3.8, 4) is 0 Å². The highest BCUT2D eigenvalue weighted by Crippen LogP contribution is 2.18. The van der Waals surface area contributed by atoms with Crippen molar-refractivity contribution in [2.24, 2.45) is 0 Å². The van der Waals surface area contributed by atoms with Gasteiger partial charge in [-0.25, -0.2) is 5.01 Å². The molecule has 0 radical (unpaired) electrons. The second kappa shape index (κ2) is 6.37. The van der Waals surface area contributed by atoms with Crippen LogP contribution in [-0.2, 0) is 9.59 Å². The maximum Gasteiger partial charge on any atom is 0.253 e. The molecular formula is C16H20N4O3. The molecule has 1 aromatic rings. The maximum absolute atomic E-state index is 12.5. The smallest absolute Gasteiger partial charge is 0.253 e. The number of nitrogens with zero attached hydrogens (tertiary/aromatic N) is 2. The first-order valence-corrected chi connectivity index (χ1v) is 7.80. The van der Waals surface area contributed by atoms with Gasteiger partial charge in [-0.05, 0) is 31.2 Å². The molecule has 0 saturated carbocycles. The minimum absolute atomic E-state index is 0.0149. The Kier molecular flexibility index (Phi) is 4.29. The standard InChI is InChI=1S/C16H20N4O3/c1-11-10-19(9-8-17-11)16(23)12-2-4-13(5-3-12)20-15(22)7-6-14(21)18-20/h2-5,11,17H,6-10H2,1H3,(H,18,21). The third-order valence-corrected chi connectivity index (χ3v) is 4.08. The summed E-state index contributed by atoms with van der Waals surface area (Å²) in [4.78, 5) is 37.6. The van der Waals surface area contributed by atoms with Crippen molar-refractivity contribution in [3.63, 3.8) is 0 Å². The van der Waals surface area contributed by atoms with Crippen LogP contribution in [0.1, 0.15) is 30.1 Å². The van der Waals surface area contributed by atoms with E-state index in [1.807, 2.05) is 11.8 Å². The monoisotopic (exact) mass is 316 g/mol. The third kappa shape index (κ3) is 3.34. The van der Waals surface area contributed by atoms with Gasteiger partial charge in [0.2, 0.25) is 11.8 Å². The molecule has 3 rings (SSSR count). The van der Waals surface area contributed by atoms with Gasteiger partial charge in [0.25, 0.3) is 5.91 Å². The van der Waals surface area contributed by atoms with Gasteiger partial charge in [0, 0.05) is 44.1 Å². The number of piperazine rings is 1. The number of benzene rings is 1. The van der Waals surface area contributed by atoms with Crippen LogP contribution in [0.2, 0.25) is 0 Å². The molecule has 122 valence electrons. The number of hydrogen-bond acceptors (Lipinski definition) is 4. The SMILES string of the molecule is CC1CN(C(=O)c2ccc(N3NC(=O)CCC3=O)cc2)CCN1. The molecule has 1 aromatic carbocycles. The molecule has 0 aromatic heterocycles. The summed E-state index contributed by atoms with van der Waals surface area (Å²) in [5.74, 6) is -0.349. The lowest BCUT2D eigenvalue weighted by Gasteiger charge is -2.32. The van der Waals surface area contributed by atoms with Crippen LogP contribution < -0.4 is 15.8 Å². The number of carbonyl (C=O) groups is 3. The van der Waals surface area contributed by atoms with Crippen LogP contribution in [-0.4, -0.2) is 48.3 Å². The van der Waals surface area contributed by atoms with Gasteiger partial charge in [-0.15, -0.1) is 0 Å². The summed E-state index contributed by atoms with van der Waals surface area (Å²) in [6.07, 6.45) is 0.415. The summed E-state index contributed by atoms with van der Waals surface area (Å²) in [6, 6.07) is 7.04. The van der Waals surface area contributed by atoms with Gasteiger partial charge >= 0.3 is 0 Å². The quantitative estimate of drug-likeness (QED) is 0.821. The molecule has 23 heavy (non-hydrogen) atoms. The Morgan fingerprint density at radius 2 is 1.91 bits per heavy atom. The average molecular weight is 316 g/mol. The van der Waals surface area contributed by atoms with Gasteiger partial charge in [0.05, 0.1) is 5.69 Å². The summed E-state index contributed by atoms with van der Waals surface area (Å²) in [5.41, 5.74) is 3.69. The number of hydrogen-bond donors (Lipinski definition) is 2. The molecule has 2 saturated heterocycles. The highest BCUT2D eigenvalue weighted by Gasteiger charge is 2.25. The van der Waals surface area contributed by atoms with Crippen LogP contribution in [0.15, 0.2) is 24.3 Å². The molecule has 7 heteroatoms. The fourth-order valence-corrected chi connectivity index (χ4v) is 2.84. The fourth-order valence-electron chi connectivity index (χ4n) is 2.84. The lowest BCUT2D eigenvalue weighted by Crippen LogP contribution is -2.51. The lowest BCUT2D eigenvalue weighted by atomic mass is 10.1. The molecule has 3 amide bonds. The number of anilines is 1. The minimum atomic E-state index is -0.181. The Balaban J connectivity index is 1.72. The molecule has 1 atom stereocenters. The highest BCUT2D eigenvalue weighted by atomic mass is 16.2. The normalized spacial score (nSPS) is 22.0. The van der Waals surface area contributed by atoms with E-state index in [1.165, 1.54) is 5.01 Å². The lowest BCUT2D eigenvalue weighted by molar-refractivity contribution is -0.130. The second-order valence-corrected chi connectivity index (χ2v) is 5.92. The van der Waals surface area contributed by atoms with E-state index >= 15 is 0 Å². The zero-order valence-electron chi connectivity index (χ0n) is 13.0. The van der Waals surface area contributed by atoms with Gasteiger partial charge in [-0.2, -0.15) is 0 Å². The molecule has 2 aliphatic rings. The van der Waals surface area contributed by atoms with E-state index in [0.29, 0.717) is 24.3 Å². The first-order chi connectivity index (χ1) is 11.0. The number of amides is 3. The van der Waals surface area contributed by atoms with E-state index in [0.717, 1.165) is 6.54 Å². The molecular weight excluding hydrogens is 296 g/mol. The van der Waals surface area contributed by atoms with Crippen LogP contribution in [0.25, 0.3) is 0 Å². The van der Waals surface area contributed by atoms with Crippen LogP contribution >= 0.6 is 0 Å². The predicted molar refractivity (Wildman–Crippen MR) is 84.7 cm³/mol. The van der Waals surface area contributed by atoms with Crippen LogP contribution in [0, 0.1) is 0 Å². The Bertz CT molecular complexity index is 629. The minimum Gasteiger partial charge on any atom is -0.336 e. The van der Waals surface area contributed by atoms with Crippen molar-refractivity contribution in [1.82, 2.24) is 15.6 Å². The summed E-state index contributed by atoms with van der Waals surface area (Å²) < 4.78 is 0. The average Bonchev–Trinajstić information content (AvgIpc) is 2.56. The van der Waals surface area contributed by atoms with E-state index < -0.39 is 0 Å². The van der Waals surface area contributed by atoms with Gasteiger partial charge in [0.1, 0.15) is 0 Å². The van der Waals surface area contributed by atoms with E-state index in [4.69, 9.17) is 0 Å². The number of rotatable bonds is 2. The van der Waals surface area contributed by atoms with E-state index in [9.17, 15) is 14.4 Å². The van der Waals surface area contributed by atoms with Crippen molar-refractivity contribution in [2.75, 3.05) is 24.6 Å². The summed E-state index contributed by atoms with van der Waals surface area (Å²) in [5, 5.41) is 4.54. The maximum atomic E-state index is 12.5. The molecule has 2 N–H and O–H groups in total. The molecule has 2 heterocycles. The van der Waals surface area contributed by atoms with Gasteiger partial charge in [-0.3, -0.25) is 19.8 Å². The summed E-state index contributed by atoms with van der Waals surface area (Å²) in [7, 11) is 0. The third-order valence-electron chi connectivity index (χ3n) is 4.08. The predicted octanol–water partition coefficient (Wildman–Crippen LogP) is 0.279. The summed E-state index contributed by atoms with van der Waals surface area (Å²) >= 11 is 0. The van der Waals surface area contributed by atoms with Crippen molar-refractivity contribution < 1.29 is 14.4 Å². The van der Waals surface area contributed by atoms with Crippen LogP contribution in [0.5, 0.6) is 0 Å². The molecule has 2 aliphatic heterocycles. The number of carbonyl (C=O) groups excluding carboxylic acids is 3. The van der Waals surface area contributed by atoms with Crippen molar-refractivity contribution >= 4 is 23.4 Å². The van der Waals surface area contributed by atoms with E-state index in [1.54, 1.807) is 24.3 Å². The Labute approximate surface area is 134 Å². The second-order valence-electron chi connectivity index (χ2n) is 5.92. The summed E-state index contributed by atoms with van der Waals surface area (Å²) in [6.45, 7) is 4.21.